The molecule has 2 rings (SSSR count). The Morgan fingerprint density at radius 2 is 2.00 bits per heavy atom. The fraction of sp³-hybridized carbons (Fsp3) is 0.500. The third-order valence-electron chi connectivity index (χ3n) is 2.82. The average molecular weight is 279 g/mol. The lowest BCUT2D eigenvalue weighted by Gasteiger charge is -2.21. The Morgan fingerprint density at radius 3 is 2.56 bits per heavy atom. The van der Waals surface area contributed by atoms with Crippen LogP contribution in [0.25, 0.3) is 0 Å². The Kier molecular flexibility index (Phi) is 4.37. The Balaban J connectivity index is 2.05. The highest BCUT2D eigenvalue weighted by Crippen LogP contribution is 2.30. The van der Waals surface area contributed by atoms with E-state index in [0.29, 0.717) is 16.9 Å². The summed E-state index contributed by atoms with van der Waals surface area (Å²) in [6.45, 7) is 1.79. The maximum Gasteiger partial charge on any atom is 0.0465 e. The van der Waals surface area contributed by atoms with Gasteiger partial charge in [-0.25, -0.2) is 0 Å². The number of nitrogens with zero attached hydrogens (tertiary/aromatic N) is 1. The fourth-order valence-corrected chi connectivity index (χ4v) is 2.49. The van der Waals surface area contributed by atoms with E-state index >= 15 is 0 Å². The number of hydrogen-bond acceptors (Lipinski definition) is 1. The number of rotatable bonds is 5. The molecule has 1 nitrogen and oxygen atoms in total. The van der Waals surface area contributed by atoms with Crippen LogP contribution in [0.5, 0.6) is 0 Å². The third-order valence-corrected chi connectivity index (χ3v) is 3.58. The molecule has 16 heavy (non-hydrogen) atoms. The molecule has 0 heterocycles. The van der Waals surface area contributed by atoms with Crippen molar-refractivity contribution in [2.45, 2.75) is 25.4 Å². The monoisotopic (exact) mass is 277 g/mol. The van der Waals surface area contributed by atoms with Crippen molar-refractivity contribution in [2.75, 3.05) is 12.4 Å². The SMILES string of the molecule is ClCCN(Cc1ccc(Cl)cc1Cl)C1CC1. The molecule has 0 N–H and O–H groups in total. The lowest BCUT2D eigenvalue weighted by Crippen LogP contribution is -2.27. The van der Waals surface area contributed by atoms with Gasteiger partial charge in [0, 0.05) is 35.1 Å². The maximum absolute atomic E-state index is 6.15. The first-order valence-electron chi connectivity index (χ1n) is 5.44. The van der Waals surface area contributed by atoms with Crippen LogP contribution in [0, 0.1) is 0 Å². The average Bonchev–Trinajstić information content (AvgIpc) is 3.04. The molecule has 1 fully saturated rings. The fourth-order valence-electron chi connectivity index (χ4n) is 1.81. The molecule has 0 bridgehead atoms. The van der Waals surface area contributed by atoms with E-state index in [1.165, 1.54) is 12.8 Å². The van der Waals surface area contributed by atoms with Gasteiger partial charge in [-0.3, -0.25) is 4.90 Å². The highest BCUT2D eigenvalue weighted by Gasteiger charge is 2.28. The highest BCUT2D eigenvalue weighted by molar-refractivity contribution is 6.35. The molecule has 0 aliphatic heterocycles. The van der Waals surface area contributed by atoms with Gasteiger partial charge in [-0.15, -0.1) is 11.6 Å². The number of alkyl halides is 1. The molecule has 0 atom stereocenters. The molecule has 88 valence electrons. The molecule has 1 aromatic rings. The number of benzene rings is 1. The van der Waals surface area contributed by atoms with E-state index in [9.17, 15) is 0 Å². The predicted octanol–water partition coefficient (Wildman–Crippen LogP) is 4.20. The van der Waals surface area contributed by atoms with E-state index in [4.69, 9.17) is 34.8 Å². The van der Waals surface area contributed by atoms with Gasteiger partial charge < -0.3 is 0 Å². The second-order valence-corrected chi connectivity index (χ2v) is 5.35. The normalized spacial score (nSPS) is 15.8. The van der Waals surface area contributed by atoms with Crippen molar-refractivity contribution in [3.8, 4) is 0 Å². The van der Waals surface area contributed by atoms with Crippen molar-refractivity contribution in [2.24, 2.45) is 0 Å². The topological polar surface area (TPSA) is 3.24 Å². The van der Waals surface area contributed by atoms with Gasteiger partial charge in [0.2, 0.25) is 0 Å². The molecule has 1 aromatic carbocycles. The second-order valence-electron chi connectivity index (χ2n) is 4.13. The Morgan fingerprint density at radius 1 is 1.25 bits per heavy atom. The molecule has 0 unspecified atom stereocenters. The van der Waals surface area contributed by atoms with Gasteiger partial charge in [0.05, 0.1) is 0 Å². The minimum absolute atomic E-state index is 0.668. The summed E-state index contributed by atoms with van der Waals surface area (Å²) in [6, 6.07) is 6.37. The maximum atomic E-state index is 6.15. The largest absolute Gasteiger partial charge is 0.295 e. The zero-order chi connectivity index (χ0) is 11.5. The first-order valence-corrected chi connectivity index (χ1v) is 6.73. The summed E-state index contributed by atoms with van der Waals surface area (Å²) < 4.78 is 0. The summed E-state index contributed by atoms with van der Waals surface area (Å²) in [4.78, 5) is 2.39. The van der Waals surface area contributed by atoms with Crippen LogP contribution in [0.2, 0.25) is 10.0 Å². The number of hydrogen-bond donors (Lipinski definition) is 0. The van der Waals surface area contributed by atoms with Crippen molar-refractivity contribution >= 4 is 34.8 Å². The van der Waals surface area contributed by atoms with E-state index in [-0.39, 0.29) is 0 Å². The first-order chi connectivity index (χ1) is 7.70. The molecule has 0 aromatic heterocycles. The standard InChI is InChI=1S/C12H14Cl3N/c13-5-6-16(11-3-4-11)8-9-1-2-10(14)7-12(9)15/h1-2,7,11H,3-6,8H2. The van der Waals surface area contributed by atoms with E-state index in [2.05, 4.69) is 4.90 Å². The van der Waals surface area contributed by atoms with Crippen LogP contribution in [-0.2, 0) is 6.54 Å². The predicted molar refractivity (Wildman–Crippen MR) is 70.6 cm³/mol. The minimum Gasteiger partial charge on any atom is -0.295 e. The molecular formula is C12H14Cl3N. The van der Waals surface area contributed by atoms with Gasteiger partial charge >= 0.3 is 0 Å². The second kappa shape index (κ2) is 5.59. The van der Waals surface area contributed by atoms with Gasteiger partial charge in [0.15, 0.2) is 0 Å². The highest BCUT2D eigenvalue weighted by atomic mass is 35.5. The molecule has 0 saturated heterocycles. The van der Waals surface area contributed by atoms with Crippen LogP contribution in [0.15, 0.2) is 18.2 Å². The summed E-state index contributed by atoms with van der Waals surface area (Å²) in [5, 5.41) is 1.43. The summed E-state index contributed by atoms with van der Waals surface area (Å²) >= 11 is 17.8. The van der Waals surface area contributed by atoms with Gasteiger partial charge in [-0.05, 0) is 30.5 Å². The van der Waals surface area contributed by atoms with E-state index < -0.39 is 0 Å². The lowest BCUT2D eigenvalue weighted by molar-refractivity contribution is 0.271. The van der Waals surface area contributed by atoms with Gasteiger partial charge in [0.1, 0.15) is 0 Å². The zero-order valence-electron chi connectivity index (χ0n) is 8.93. The van der Waals surface area contributed by atoms with Crippen molar-refractivity contribution < 1.29 is 0 Å². The lowest BCUT2D eigenvalue weighted by atomic mass is 10.2. The summed E-state index contributed by atoms with van der Waals surface area (Å²) in [6.07, 6.45) is 2.56. The molecule has 0 radical (unpaired) electrons. The van der Waals surface area contributed by atoms with Crippen LogP contribution in [0.1, 0.15) is 18.4 Å². The van der Waals surface area contributed by atoms with E-state index in [0.717, 1.165) is 23.7 Å². The third kappa shape index (κ3) is 3.27. The molecule has 0 spiro atoms. The number of halogens is 3. The molecule has 4 heteroatoms. The van der Waals surface area contributed by atoms with Gasteiger partial charge in [0.25, 0.3) is 0 Å². The van der Waals surface area contributed by atoms with Crippen LogP contribution in [0.4, 0.5) is 0 Å². The van der Waals surface area contributed by atoms with E-state index in [1.807, 2.05) is 12.1 Å². The smallest absolute Gasteiger partial charge is 0.0465 e. The molecule has 0 amide bonds. The van der Waals surface area contributed by atoms with Crippen LogP contribution >= 0.6 is 34.8 Å². The van der Waals surface area contributed by atoms with Crippen LogP contribution in [-0.4, -0.2) is 23.4 Å². The van der Waals surface area contributed by atoms with Crippen LogP contribution < -0.4 is 0 Å². The molecular weight excluding hydrogens is 264 g/mol. The molecule has 1 aliphatic carbocycles. The van der Waals surface area contributed by atoms with E-state index in [1.54, 1.807) is 6.07 Å². The minimum atomic E-state index is 0.668. The molecule has 1 aliphatic rings. The van der Waals surface area contributed by atoms with Crippen molar-refractivity contribution in [3.05, 3.63) is 33.8 Å². The Hall–Kier alpha value is 0.0500. The molecule has 1 saturated carbocycles. The van der Waals surface area contributed by atoms with Crippen LogP contribution in [0.3, 0.4) is 0 Å². The van der Waals surface area contributed by atoms with Gasteiger partial charge in [-0.1, -0.05) is 29.3 Å². The summed E-state index contributed by atoms with van der Waals surface area (Å²) in [7, 11) is 0. The Labute approximate surface area is 111 Å². The van der Waals surface area contributed by atoms with Gasteiger partial charge in [-0.2, -0.15) is 0 Å². The Bertz CT molecular complexity index is 363. The summed E-state index contributed by atoms with van der Waals surface area (Å²) in [5.74, 6) is 0.668. The van der Waals surface area contributed by atoms with Crippen molar-refractivity contribution in [1.29, 1.82) is 0 Å². The quantitative estimate of drug-likeness (QED) is 0.730. The zero-order valence-corrected chi connectivity index (χ0v) is 11.2. The van der Waals surface area contributed by atoms with Crippen molar-refractivity contribution in [1.82, 2.24) is 4.90 Å². The first kappa shape index (κ1) is 12.5. The van der Waals surface area contributed by atoms with Crippen molar-refractivity contribution in [3.63, 3.8) is 0 Å². The summed E-state index contributed by atoms with van der Waals surface area (Å²) in [5.41, 5.74) is 1.13.